The molecule has 1 aromatic carbocycles. The second kappa shape index (κ2) is 7.10. The van der Waals surface area contributed by atoms with Gasteiger partial charge in [0.1, 0.15) is 5.75 Å². The van der Waals surface area contributed by atoms with E-state index in [2.05, 4.69) is 4.90 Å². The summed E-state index contributed by atoms with van der Waals surface area (Å²) in [5.74, 6) is 0.778. The number of phenolic OH excluding ortho intramolecular Hbond substituents is 1. The number of carbonyl (C=O) groups excluding carboxylic acids is 1. The fraction of sp³-hybridized carbons (Fsp3) is 0.526. The highest BCUT2D eigenvalue weighted by Gasteiger charge is 2.28. The van der Waals surface area contributed by atoms with E-state index in [1.807, 2.05) is 18.2 Å². The molecule has 3 nitrogen and oxygen atoms in total. The molecule has 118 valence electrons. The minimum Gasteiger partial charge on any atom is -0.508 e. The summed E-state index contributed by atoms with van der Waals surface area (Å²) in [5.41, 5.74) is 1.96. The summed E-state index contributed by atoms with van der Waals surface area (Å²) in [5, 5.41) is 9.35. The van der Waals surface area contributed by atoms with E-state index >= 15 is 0 Å². The fourth-order valence-electron chi connectivity index (χ4n) is 3.60. The quantitative estimate of drug-likeness (QED) is 0.866. The van der Waals surface area contributed by atoms with Crippen LogP contribution in [0.3, 0.4) is 0 Å². The second-order valence-corrected chi connectivity index (χ2v) is 6.58. The zero-order valence-electron chi connectivity index (χ0n) is 13.1. The van der Waals surface area contributed by atoms with E-state index in [0.29, 0.717) is 5.78 Å². The molecule has 1 atom stereocenters. The van der Waals surface area contributed by atoms with Gasteiger partial charge in [0.25, 0.3) is 0 Å². The van der Waals surface area contributed by atoms with Crippen LogP contribution in [-0.4, -0.2) is 35.4 Å². The first-order valence-corrected chi connectivity index (χ1v) is 8.48. The number of carbonyl (C=O) groups is 1. The molecule has 0 unspecified atom stereocenters. The molecule has 1 heterocycles. The molecule has 2 aliphatic rings. The van der Waals surface area contributed by atoms with E-state index in [-0.39, 0.29) is 11.7 Å². The number of likely N-dealkylation sites (tertiary alicyclic amines) is 1. The minimum atomic E-state index is 0.176. The summed E-state index contributed by atoms with van der Waals surface area (Å²) < 4.78 is 0. The van der Waals surface area contributed by atoms with Crippen LogP contribution >= 0.6 is 0 Å². The number of nitrogens with zero attached hydrogens (tertiary/aromatic N) is 1. The lowest BCUT2D eigenvalue weighted by molar-refractivity contribution is -0.121. The van der Waals surface area contributed by atoms with Crippen LogP contribution in [0, 0.1) is 5.92 Å². The Morgan fingerprint density at radius 2 is 1.82 bits per heavy atom. The molecule has 3 heteroatoms. The summed E-state index contributed by atoms with van der Waals surface area (Å²) in [4.78, 5) is 15.2. The molecule has 2 fully saturated rings. The van der Waals surface area contributed by atoms with Crippen LogP contribution < -0.4 is 0 Å². The maximum atomic E-state index is 12.7. The van der Waals surface area contributed by atoms with Gasteiger partial charge in [-0.05, 0) is 74.5 Å². The number of benzene rings is 1. The molecule has 22 heavy (non-hydrogen) atoms. The van der Waals surface area contributed by atoms with Crippen LogP contribution in [0.2, 0.25) is 0 Å². The Morgan fingerprint density at radius 3 is 2.55 bits per heavy atom. The molecule has 1 aliphatic carbocycles. The summed E-state index contributed by atoms with van der Waals surface area (Å²) in [7, 11) is 0. The van der Waals surface area contributed by atoms with Crippen LogP contribution in [0.15, 0.2) is 29.8 Å². The Bertz CT molecular complexity index is 541. The Hall–Kier alpha value is -1.61. The predicted octanol–water partition coefficient (Wildman–Crippen LogP) is 3.63. The zero-order valence-corrected chi connectivity index (χ0v) is 13.1. The maximum absolute atomic E-state index is 12.7. The first kappa shape index (κ1) is 15.3. The van der Waals surface area contributed by atoms with Crippen molar-refractivity contribution >= 4 is 11.9 Å². The number of Topliss-reactive ketones (excluding diaryl/α,β-unsaturated/α-hetero) is 1. The van der Waals surface area contributed by atoms with Crippen molar-refractivity contribution in [2.75, 3.05) is 19.6 Å². The van der Waals surface area contributed by atoms with Crippen molar-refractivity contribution in [3.8, 4) is 5.75 Å². The molecule has 1 saturated carbocycles. The Morgan fingerprint density at radius 1 is 1.09 bits per heavy atom. The van der Waals surface area contributed by atoms with E-state index in [9.17, 15) is 9.90 Å². The summed E-state index contributed by atoms with van der Waals surface area (Å²) in [6.45, 7) is 3.24. The molecule has 1 aliphatic heterocycles. The van der Waals surface area contributed by atoms with E-state index in [1.165, 1.54) is 19.3 Å². The molecule has 1 N–H and O–H groups in total. The lowest BCUT2D eigenvalue weighted by Crippen LogP contribution is -2.38. The van der Waals surface area contributed by atoms with Crippen molar-refractivity contribution < 1.29 is 9.90 Å². The fourth-order valence-corrected chi connectivity index (χ4v) is 3.60. The maximum Gasteiger partial charge on any atom is 0.163 e. The van der Waals surface area contributed by atoms with Crippen LogP contribution in [0.25, 0.3) is 6.08 Å². The van der Waals surface area contributed by atoms with Crippen LogP contribution in [0.5, 0.6) is 5.75 Å². The summed E-state index contributed by atoms with van der Waals surface area (Å²) in [6.07, 6.45) is 8.91. The second-order valence-electron chi connectivity index (χ2n) is 6.58. The molecule has 0 radical (unpaired) electrons. The largest absolute Gasteiger partial charge is 0.508 e. The van der Waals surface area contributed by atoms with Gasteiger partial charge in [0, 0.05) is 12.5 Å². The van der Waals surface area contributed by atoms with Crippen molar-refractivity contribution in [1.29, 1.82) is 0 Å². The van der Waals surface area contributed by atoms with Crippen LogP contribution in [-0.2, 0) is 4.79 Å². The lowest BCUT2D eigenvalue weighted by atomic mass is 9.83. The number of aromatic hydroxyl groups is 1. The molecular weight excluding hydrogens is 274 g/mol. The molecular formula is C19H25NO2. The third kappa shape index (κ3) is 3.77. The third-order valence-corrected chi connectivity index (χ3v) is 4.85. The number of piperidine rings is 1. The number of hydrogen-bond acceptors (Lipinski definition) is 3. The van der Waals surface area contributed by atoms with Crippen molar-refractivity contribution in [2.45, 2.75) is 38.5 Å². The number of phenols is 1. The van der Waals surface area contributed by atoms with Crippen LogP contribution in [0.1, 0.15) is 44.1 Å². The Kier molecular flexibility index (Phi) is 4.94. The van der Waals surface area contributed by atoms with Gasteiger partial charge in [0.2, 0.25) is 0 Å². The number of rotatable bonds is 3. The first-order valence-electron chi connectivity index (χ1n) is 8.48. The molecule has 3 rings (SSSR count). The summed E-state index contributed by atoms with van der Waals surface area (Å²) >= 11 is 0. The molecule has 1 aromatic rings. The van der Waals surface area contributed by atoms with E-state index in [1.54, 1.807) is 12.1 Å². The number of ketones is 1. The molecule has 0 aromatic heterocycles. The molecule has 0 amide bonds. The highest BCUT2D eigenvalue weighted by Crippen LogP contribution is 2.28. The van der Waals surface area contributed by atoms with Gasteiger partial charge >= 0.3 is 0 Å². The topological polar surface area (TPSA) is 40.5 Å². The first-order chi connectivity index (χ1) is 10.7. The smallest absolute Gasteiger partial charge is 0.163 e. The summed E-state index contributed by atoms with van der Waals surface area (Å²) in [6, 6.07) is 7.07. The molecule has 0 bridgehead atoms. The van der Waals surface area contributed by atoms with Gasteiger partial charge in [-0.2, -0.15) is 0 Å². The Balaban J connectivity index is 1.67. The predicted molar refractivity (Wildman–Crippen MR) is 88.7 cm³/mol. The van der Waals surface area contributed by atoms with Crippen molar-refractivity contribution in [3.05, 3.63) is 35.4 Å². The zero-order chi connectivity index (χ0) is 15.4. The molecule has 1 saturated heterocycles. The van der Waals surface area contributed by atoms with E-state index in [4.69, 9.17) is 0 Å². The standard InChI is InChI=1S/C19H25NO2/c21-18-9-7-15(8-10-18)13-16-5-4-6-17(19(16)22)14-20-11-2-1-3-12-20/h7-10,13,17,21H,1-6,11-12,14H2/b16-13+/t17-/m1/s1. The van der Waals surface area contributed by atoms with Gasteiger partial charge in [-0.3, -0.25) is 4.79 Å². The molecule has 0 spiro atoms. The minimum absolute atomic E-state index is 0.176. The van der Waals surface area contributed by atoms with Gasteiger partial charge < -0.3 is 10.0 Å². The normalized spacial score (nSPS) is 25.5. The van der Waals surface area contributed by atoms with Crippen LogP contribution in [0.4, 0.5) is 0 Å². The van der Waals surface area contributed by atoms with Crippen molar-refractivity contribution in [2.24, 2.45) is 5.92 Å². The van der Waals surface area contributed by atoms with Gasteiger partial charge in [0.15, 0.2) is 5.78 Å². The van der Waals surface area contributed by atoms with Gasteiger partial charge in [-0.25, -0.2) is 0 Å². The number of hydrogen-bond donors (Lipinski definition) is 1. The number of allylic oxidation sites excluding steroid dienone is 1. The highest BCUT2D eigenvalue weighted by atomic mass is 16.3. The Labute approximate surface area is 132 Å². The monoisotopic (exact) mass is 299 g/mol. The lowest BCUT2D eigenvalue weighted by Gasteiger charge is -2.32. The van der Waals surface area contributed by atoms with Crippen molar-refractivity contribution in [3.63, 3.8) is 0 Å². The van der Waals surface area contributed by atoms with Crippen molar-refractivity contribution in [1.82, 2.24) is 4.90 Å². The van der Waals surface area contributed by atoms with Gasteiger partial charge in [-0.15, -0.1) is 0 Å². The highest BCUT2D eigenvalue weighted by molar-refractivity contribution is 6.01. The van der Waals surface area contributed by atoms with Gasteiger partial charge in [0.05, 0.1) is 0 Å². The SMILES string of the molecule is O=C1/C(=C/c2ccc(O)cc2)CCC[C@@H]1CN1CCCCC1. The average Bonchev–Trinajstić information content (AvgIpc) is 2.54. The third-order valence-electron chi connectivity index (χ3n) is 4.85. The average molecular weight is 299 g/mol. The van der Waals surface area contributed by atoms with E-state index in [0.717, 1.165) is 50.0 Å². The van der Waals surface area contributed by atoms with E-state index < -0.39 is 0 Å². The van der Waals surface area contributed by atoms with Gasteiger partial charge in [-0.1, -0.05) is 18.6 Å².